The number of amides is 2. The van der Waals surface area contributed by atoms with Gasteiger partial charge in [0.05, 0.1) is 12.1 Å². The third-order valence-corrected chi connectivity index (χ3v) is 6.16. The van der Waals surface area contributed by atoms with Crippen molar-refractivity contribution in [1.29, 1.82) is 0 Å². The molecule has 0 saturated carbocycles. The van der Waals surface area contributed by atoms with Crippen molar-refractivity contribution in [3.8, 4) is 0 Å². The van der Waals surface area contributed by atoms with Gasteiger partial charge in [-0.05, 0) is 67.5 Å². The smallest absolute Gasteiger partial charge is 0.245 e. The summed E-state index contributed by atoms with van der Waals surface area (Å²) in [6, 6.07) is 7.76. The summed E-state index contributed by atoms with van der Waals surface area (Å²) in [7, 11) is 0. The fourth-order valence-electron chi connectivity index (χ4n) is 4.47. The number of nitrogens with two attached hydrogens (primary N) is 1. The number of halogens is 2. The molecule has 2 aromatic rings. The fraction of sp³-hybridized carbons (Fsp3) is 0.435. The first-order valence-corrected chi connectivity index (χ1v) is 10.8. The highest BCUT2D eigenvalue weighted by atomic mass is 19.1. The summed E-state index contributed by atoms with van der Waals surface area (Å²) in [6.07, 6.45) is 2.61. The Labute approximate surface area is 185 Å². The third kappa shape index (κ3) is 5.04. The van der Waals surface area contributed by atoms with Gasteiger partial charge in [-0.25, -0.2) is 13.8 Å². The van der Waals surface area contributed by atoms with Crippen LogP contribution in [0.5, 0.6) is 0 Å². The highest BCUT2D eigenvalue weighted by Crippen LogP contribution is 2.30. The molecule has 0 radical (unpaired) electrons. The van der Waals surface area contributed by atoms with E-state index in [0.717, 1.165) is 16.8 Å². The highest BCUT2D eigenvalue weighted by Gasteiger charge is 2.33. The predicted octanol–water partition coefficient (Wildman–Crippen LogP) is 1.58. The Kier molecular flexibility index (Phi) is 6.64. The molecule has 4 rings (SSSR count). The Morgan fingerprint density at radius 1 is 1.22 bits per heavy atom. The van der Waals surface area contributed by atoms with Gasteiger partial charge in [-0.1, -0.05) is 18.2 Å². The van der Waals surface area contributed by atoms with Crippen molar-refractivity contribution in [3.05, 3.63) is 59.0 Å². The monoisotopic (exact) mass is 443 g/mol. The number of fused-ring (bicyclic) bond motifs is 1. The van der Waals surface area contributed by atoms with E-state index in [1.807, 2.05) is 6.07 Å². The van der Waals surface area contributed by atoms with Gasteiger partial charge in [0.2, 0.25) is 11.8 Å². The van der Waals surface area contributed by atoms with Crippen molar-refractivity contribution in [3.63, 3.8) is 0 Å². The Bertz CT molecular complexity index is 985. The third-order valence-electron chi connectivity index (χ3n) is 6.16. The molecule has 5 N–H and O–H groups in total. The van der Waals surface area contributed by atoms with E-state index in [9.17, 15) is 18.4 Å². The SMILES string of the molecule is Nc1ccc2c(n1)CCC2NC(=O)C(CF)NC(=O)C1CC(Cc2ccc(F)cc2)CN1. The number of hydrogen-bond donors (Lipinski definition) is 4. The molecule has 9 heteroatoms. The molecule has 32 heavy (non-hydrogen) atoms. The zero-order chi connectivity index (χ0) is 22.7. The molecule has 4 unspecified atom stereocenters. The number of hydrogen-bond acceptors (Lipinski definition) is 5. The number of aryl methyl sites for hydroxylation is 1. The van der Waals surface area contributed by atoms with E-state index in [-0.39, 0.29) is 17.8 Å². The number of anilines is 1. The molecule has 4 atom stereocenters. The Morgan fingerprint density at radius 2 is 2.00 bits per heavy atom. The summed E-state index contributed by atoms with van der Waals surface area (Å²) in [5.74, 6) is -0.621. The van der Waals surface area contributed by atoms with Crippen LogP contribution in [0, 0.1) is 11.7 Å². The highest BCUT2D eigenvalue weighted by molar-refractivity contribution is 5.90. The normalized spacial score (nSPS) is 22.9. The number of alkyl halides is 1. The van der Waals surface area contributed by atoms with Crippen LogP contribution in [0.1, 0.15) is 35.7 Å². The molecule has 1 aromatic carbocycles. The lowest BCUT2D eigenvalue weighted by Gasteiger charge is -2.21. The summed E-state index contributed by atoms with van der Waals surface area (Å²) in [4.78, 5) is 29.5. The van der Waals surface area contributed by atoms with Gasteiger partial charge in [-0.15, -0.1) is 0 Å². The largest absolute Gasteiger partial charge is 0.384 e. The van der Waals surface area contributed by atoms with E-state index in [2.05, 4.69) is 20.9 Å². The number of nitrogens with one attached hydrogen (secondary N) is 3. The van der Waals surface area contributed by atoms with Crippen LogP contribution >= 0.6 is 0 Å². The first kappa shape index (κ1) is 22.1. The number of benzene rings is 1. The maximum absolute atomic E-state index is 13.6. The molecule has 2 aliphatic rings. The van der Waals surface area contributed by atoms with Crippen LogP contribution in [-0.2, 0) is 22.4 Å². The molecule has 1 saturated heterocycles. The Morgan fingerprint density at radius 3 is 2.75 bits per heavy atom. The topological polar surface area (TPSA) is 109 Å². The Balaban J connectivity index is 1.29. The van der Waals surface area contributed by atoms with Crippen molar-refractivity contribution in [2.45, 2.75) is 43.8 Å². The molecule has 7 nitrogen and oxygen atoms in total. The minimum atomic E-state index is -1.26. The van der Waals surface area contributed by atoms with Gasteiger partial charge in [-0.3, -0.25) is 9.59 Å². The van der Waals surface area contributed by atoms with Crippen LogP contribution in [0.4, 0.5) is 14.6 Å². The quantitative estimate of drug-likeness (QED) is 0.520. The lowest BCUT2D eigenvalue weighted by molar-refractivity contribution is -0.130. The maximum Gasteiger partial charge on any atom is 0.245 e. The maximum atomic E-state index is 13.6. The number of carbonyl (C=O) groups is 2. The molecular formula is C23H27F2N5O2. The van der Waals surface area contributed by atoms with Gasteiger partial charge in [-0.2, -0.15) is 0 Å². The zero-order valence-electron chi connectivity index (χ0n) is 17.6. The standard InChI is InChI=1S/C23H27F2N5O2/c24-11-20(23(32)29-18-7-6-17-16(18)5-8-21(26)28-17)30-22(31)19-10-14(12-27-19)9-13-1-3-15(25)4-2-13/h1-5,8,14,18-20,27H,6-7,9-12H2,(H2,26,28)(H,29,32)(H,30,31). The number of aromatic nitrogens is 1. The molecule has 0 bridgehead atoms. The molecule has 1 aliphatic heterocycles. The fourth-order valence-corrected chi connectivity index (χ4v) is 4.47. The van der Waals surface area contributed by atoms with E-state index in [1.165, 1.54) is 12.1 Å². The van der Waals surface area contributed by atoms with Crippen LogP contribution in [0.3, 0.4) is 0 Å². The molecule has 1 fully saturated rings. The Hall–Kier alpha value is -3.07. The van der Waals surface area contributed by atoms with Crippen LogP contribution in [-0.4, -0.2) is 42.1 Å². The zero-order valence-corrected chi connectivity index (χ0v) is 17.6. The van der Waals surface area contributed by atoms with Crippen molar-refractivity contribution >= 4 is 17.6 Å². The number of carbonyl (C=O) groups excluding carboxylic acids is 2. The van der Waals surface area contributed by atoms with Gasteiger partial charge >= 0.3 is 0 Å². The van der Waals surface area contributed by atoms with Crippen molar-refractivity contribution in [2.24, 2.45) is 5.92 Å². The van der Waals surface area contributed by atoms with E-state index < -0.39 is 30.6 Å². The molecule has 2 amide bonds. The van der Waals surface area contributed by atoms with Crippen LogP contribution < -0.4 is 21.7 Å². The first-order valence-electron chi connectivity index (χ1n) is 10.8. The average Bonchev–Trinajstić information content (AvgIpc) is 3.40. The minimum Gasteiger partial charge on any atom is -0.384 e. The molecule has 0 spiro atoms. The summed E-state index contributed by atoms with van der Waals surface area (Å²) in [6.45, 7) is -0.375. The second-order valence-electron chi connectivity index (χ2n) is 8.48. The van der Waals surface area contributed by atoms with E-state index in [0.29, 0.717) is 38.0 Å². The van der Waals surface area contributed by atoms with Crippen molar-refractivity contribution < 1.29 is 18.4 Å². The minimum absolute atomic E-state index is 0.198. The second kappa shape index (κ2) is 9.60. The molecular weight excluding hydrogens is 416 g/mol. The molecule has 2 heterocycles. The summed E-state index contributed by atoms with van der Waals surface area (Å²) in [5, 5.41) is 8.49. The number of rotatable bonds is 7. The van der Waals surface area contributed by atoms with Crippen molar-refractivity contribution in [2.75, 3.05) is 19.0 Å². The van der Waals surface area contributed by atoms with E-state index in [4.69, 9.17) is 5.73 Å². The van der Waals surface area contributed by atoms with Crippen LogP contribution in [0.15, 0.2) is 36.4 Å². The van der Waals surface area contributed by atoms with Gasteiger partial charge in [0.25, 0.3) is 0 Å². The number of pyridine rings is 1. The van der Waals surface area contributed by atoms with Gasteiger partial charge < -0.3 is 21.7 Å². The summed E-state index contributed by atoms with van der Waals surface area (Å²) < 4.78 is 26.7. The van der Waals surface area contributed by atoms with Gasteiger partial charge in [0.15, 0.2) is 0 Å². The lowest BCUT2D eigenvalue weighted by atomic mass is 9.96. The average molecular weight is 443 g/mol. The van der Waals surface area contributed by atoms with E-state index >= 15 is 0 Å². The molecule has 170 valence electrons. The lowest BCUT2D eigenvalue weighted by Crippen LogP contribution is -2.52. The first-order chi connectivity index (χ1) is 15.4. The predicted molar refractivity (Wildman–Crippen MR) is 116 cm³/mol. The molecule has 1 aliphatic carbocycles. The van der Waals surface area contributed by atoms with E-state index in [1.54, 1.807) is 18.2 Å². The van der Waals surface area contributed by atoms with Crippen LogP contribution in [0.2, 0.25) is 0 Å². The second-order valence-corrected chi connectivity index (χ2v) is 8.48. The number of nitrogen functional groups attached to an aromatic ring is 1. The van der Waals surface area contributed by atoms with Gasteiger partial charge in [0, 0.05) is 5.69 Å². The molecule has 1 aromatic heterocycles. The van der Waals surface area contributed by atoms with Crippen molar-refractivity contribution in [1.82, 2.24) is 20.9 Å². The van der Waals surface area contributed by atoms with Gasteiger partial charge in [0.1, 0.15) is 24.4 Å². The van der Waals surface area contributed by atoms with Crippen LogP contribution in [0.25, 0.3) is 0 Å². The number of nitrogens with zero attached hydrogens (tertiary/aromatic N) is 1. The summed E-state index contributed by atoms with van der Waals surface area (Å²) >= 11 is 0. The summed E-state index contributed by atoms with van der Waals surface area (Å²) in [5.41, 5.74) is 8.40.